The molecule has 324 valence electrons. The second-order valence-corrected chi connectivity index (χ2v) is 16.8. The van der Waals surface area contributed by atoms with Gasteiger partial charge < -0.3 is 24.4 Å². The zero-order valence-electron chi connectivity index (χ0n) is 35.6. The number of esters is 1. The van der Waals surface area contributed by atoms with E-state index in [0.29, 0.717) is 57.9 Å². The first-order chi connectivity index (χ1) is 31.0. The maximum atomic E-state index is 14.7. The molecule has 6 aromatic carbocycles. The van der Waals surface area contributed by atoms with Crippen molar-refractivity contribution in [2.24, 2.45) is 0 Å². The lowest BCUT2D eigenvalue weighted by Gasteiger charge is -2.42. The van der Waals surface area contributed by atoms with Gasteiger partial charge in [-0.3, -0.25) is 14.5 Å². The number of nitrogens with zero attached hydrogens (tertiary/aromatic N) is 3. The Labute approximate surface area is 382 Å². The van der Waals surface area contributed by atoms with Crippen LogP contribution in [0.4, 0.5) is 5.69 Å². The van der Waals surface area contributed by atoms with Gasteiger partial charge in [0.1, 0.15) is 24.1 Å². The van der Waals surface area contributed by atoms with Crippen molar-refractivity contribution >= 4 is 46.7 Å². The zero-order valence-corrected chi connectivity index (χ0v) is 37.1. The van der Waals surface area contributed by atoms with E-state index in [1.165, 1.54) is 7.11 Å². The van der Waals surface area contributed by atoms with E-state index < -0.39 is 24.2 Å². The second kappa shape index (κ2) is 19.4. The Morgan fingerprint density at radius 3 is 2.20 bits per heavy atom. The number of rotatable bonds is 13. The highest BCUT2D eigenvalue weighted by Gasteiger charge is 2.40. The molecule has 4 atom stereocenters. The van der Waals surface area contributed by atoms with Crippen LogP contribution >= 0.6 is 23.2 Å². The van der Waals surface area contributed by atoms with Crippen molar-refractivity contribution in [1.82, 2.24) is 10.2 Å². The largest absolute Gasteiger partial charge is 0.489 e. The van der Waals surface area contributed by atoms with Gasteiger partial charge in [0.2, 0.25) is 12.0 Å². The minimum absolute atomic E-state index is 0.122. The molecule has 0 fully saturated rings. The van der Waals surface area contributed by atoms with Gasteiger partial charge in [-0.15, -0.1) is 0 Å². The zero-order chi connectivity index (χ0) is 44.9. The fraction of sp³-hybridized carbons (Fsp3) is 0.231. The molecule has 1 N–H and O–H groups in total. The smallest absolute Gasteiger partial charge is 0.328 e. The summed E-state index contributed by atoms with van der Waals surface area (Å²) in [6.45, 7) is 2.82. The molecule has 64 heavy (non-hydrogen) atoms. The molecular formula is C52H46Cl2N4O6. The van der Waals surface area contributed by atoms with E-state index in [4.69, 9.17) is 37.4 Å². The van der Waals surface area contributed by atoms with Crippen molar-refractivity contribution in [3.8, 4) is 28.7 Å². The number of hydrogen-bond acceptors (Lipinski definition) is 8. The number of methoxy groups -OCH3 is 1. The average molecular weight is 894 g/mol. The molecule has 0 aliphatic carbocycles. The number of fused-ring (bicyclic) bond motifs is 2. The molecule has 12 heteroatoms. The number of carbonyl (C=O) groups is 3. The minimum Gasteiger partial charge on any atom is -0.489 e. The number of nitrogens with one attached hydrogen (secondary N) is 1. The van der Waals surface area contributed by atoms with Gasteiger partial charge in [-0.05, 0) is 100 Å². The predicted molar refractivity (Wildman–Crippen MR) is 247 cm³/mol. The van der Waals surface area contributed by atoms with Crippen LogP contribution < -0.4 is 19.7 Å². The van der Waals surface area contributed by atoms with Crippen molar-refractivity contribution in [2.45, 2.75) is 63.6 Å². The van der Waals surface area contributed by atoms with Crippen molar-refractivity contribution in [3.63, 3.8) is 0 Å². The van der Waals surface area contributed by atoms with E-state index in [-0.39, 0.29) is 24.3 Å². The van der Waals surface area contributed by atoms with Crippen LogP contribution in [0.15, 0.2) is 133 Å². The van der Waals surface area contributed by atoms with Crippen LogP contribution in [0, 0.1) is 11.3 Å². The first kappa shape index (κ1) is 44.0. The number of benzene rings is 6. The minimum atomic E-state index is -0.945. The number of halogens is 2. The Balaban J connectivity index is 1.03. The number of nitriles is 1. The normalized spacial score (nSPS) is 16.6. The molecule has 2 aliphatic rings. The Morgan fingerprint density at radius 1 is 0.859 bits per heavy atom. The fourth-order valence-corrected chi connectivity index (χ4v) is 8.84. The van der Waals surface area contributed by atoms with Crippen molar-refractivity contribution < 1.29 is 28.6 Å². The summed E-state index contributed by atoms with van der Waals surface area (Å²) in [6, 6.07) is 42.2. The SMILES string of the molecule is CC[C@H](c1ccccc1)N1Cc2cc3c(cc2C[C@H]1C(=O)N[C@@H](Cc1ccc(-c2ccc(C#N)cc2)cc1)C(=O)OC)N(C)C(=O)[C@@H](c1ccc(OCc2ccc(Cl)c(Cl)c2)cc1)O3. The van der Waals surface area contributed by atoms with Gasteiger partial charge in [0.25, 0.3) is 5.91 Å². The van der Waals surface area contributed by atoms with Gasteiger partial charge in [-0.2, -0.15) is 5.26 Å². The molecule has 0 spiro atoms. The van der Waals surface area contributed by atoms with Crippen molar-refractivity contribution in [2.75, 3.05) is 19.1 Å². The fourth-order valence-electron chi connectivity index (χ4n) is 8.51. The predicted octanol–water partition coefficient (Wildman–Crippen LogP) is 9.99. The average Bonchev–Trinajstić information content (AvgIpc) is 3.33. The molecule has 0 saturated heterocycles. The van der Waals surface area contributed by atoms with Gasteiger partial charge in [0, 0.05) is 31.6 Å². The molecule has 6 aromatic rings. The molecule has 2 amide bonds. The number of amides is 2. The van der Waals surface area contributed by atoms with Crippen molar-refractivity contribution in [3.05, 3.63) is 182 Å². The Bertz CT molecular complexity index is 2710. The molecule has 0 bridgehead atoms. The van der Waals surface area contributed by atoms with E-state index >= 15 is 0 Å². The van der Waals surface area contributed by atoms with Crippen LogP contribution in [-0.4, -0.2) is 48.9 Å². The topological polar surface area (TPSA) is 121 Å². The third kappa shape index (κ3) is 9.48. The summed E-state index contributed by atoms with van der Waals surface area (Å²) in [5, 5.41) is 13.2. The van der Waals surface area contributed by atoms with Gasteiger partial charge in [-0.1, -0.05) is 115 Å². The maximum Gasteiger partial charge on any atom is 0.328 e. The summed E-state index contributed by atoms with van der Waals surface area (Å²) in [5.41, 5.74) is 8.48. The van der Waals surface area contributed by atoms with Crippen LogP contribution in [-0.2, 0) is 45.1 Å². The van der Waals surface area contributed by atoms with Crippen LogP contribution in [0.25, 0.3) is 11.1 Å². The molecule has 8 rings (SSSR count). The van der Waals surface area contributed by atoms with E-state index in [1.807, 2.05) is 97.1 Å². The second-order valence-electron chi connectivity index (χ2n) is 16.0. The summed E-state index contributed by atoms with van der Waals surface area (Å²) in [4.78, 5) is 45.7. The summed E-state index contributed by atoms with van der Waals surface area (Å²) in [7, 11) is 3.05. The monoisotopic (exact) mass is 892 g/mol. The molecule has 10 nitrogen and oxygen atoms in total. The van der Waals surface area contributed by atoms with Crippen LogP contribution in [0.5, 0.6) is 11.5 Å². The van der Waals surface area contributed by atoms with Crippen LogP contribution in [0.3, 0.4) is 0 Å². The Hall–Kier alpha value is -6.64. The molecular weight excluding hydrogens is 847 g/mol. The standard InChI is InChI=1S/C52H46Cl2N4O6/c1-4-45(37-8-6-5-7-9-37)58-30-40-28-48-46(57(2)51(60)49(64-48)38-19-21-41(22-20-38)63-31-34-14-23-42(53)43(54)24-34)26-39(40)27-47(58)50(59)56-44(52(61)62-3)25-32-10-15-35(16-11-32)36-17-12-33(29-55)13-18-36/h5-24,26,28,44-45,47,49H,4,25,27,30-31H2,1-3H3,(H,56,59)/t44-,45+,47-,49+/m0/s1. The summed E-state index contributed by atoms with van der Waals surface area (Å²) >= 11 is 12.2. The first-order valence-corrected chi connectivity index (χ1v) is 21.8. The summed E-state index contributed by atoms with van der Waals surface area (Å²) in [6.07, 6.45) is 0.398. The highest BCUT2D eigenvalue weighted by atomic mass is 35.5. The molecule has 0 unspecified atom stereocenters. The molecule has 0 aromatic heterocycles. The number of likely N-dealkylation sites (N-methyl/N-ethyl adjacent to an activating group) is 1. The summed E-state index contributed by atoms with van der Waals surface area (Å²) in [5.74, 6) is 0.111. The van der Waals surface area contributed by atoms with E-state index in [0.717, 1.165) is 45.4 Å². The van der Waals surface area contributed by atoms with E-state index in [9.17, 15) is 19.6 Å². The maximum absolute atomic E-state index is 14.7. The van der Waals surface area contributed by atoms with Gasteiger partial charge in [0.15, 0.2) is 0 Å². The highest BCUT2D eigenvalue weighted by molar-refractivity contribution is 6.42. The third-order valence-electron chi connectivity index (χ3n) is 12.0. The molecule has 0 radical (unpaired) electrons. The lowest BCUT2D eigenvalue weighted by Crippen LogP contribution is -2.55. The van der Waals surface area contributed by atoms with Gasteiger partial charge >= 0.3 is 5.97 Å². The number of anilines is 1. The highest BCUT2D eigenvalue weighted by Crippen LogP contribution is 2.43. The van der Waals surface area contributed by atoms with E-state index in [2.05, 4.69) is 35.3 Å². The van der Waals surface area contributed by atoms with Crippen LogP contribution in [0.1, 0.15) is 64.4 Å². The molecule has 2 heterocycles. The lowest BCUT2D eigenvalue weighted by atomic mass is 9.88. The summed E-state index contributed by atoms with van der Waals surface area (Å²) < 4.78 is 17.7. The number of carbonyl (C=O) groups excluding carboxylic acids is 3. The first-order valence-electron chi connectivity index (χ1n) is 21.1. The van der Waals surface area contributed by atoms with E-state index in [1.54, 1.807) is 36.2 Å². The molecule has 0 saturated carbocycles. The number of ether oxygens (including phenoxy) is 3. The van der Waals surface area contributed by atoms with Crippen molar-refractivity contribution in [1.29, 1.82) is 5.26 Å². The Morgan fingerprint density at radius 2 is 1.55 bits per heavy atom. The molecule has 2 aliphatic heterocycles. The Kier molecular flexibility index (Phi) is 13.3. The van der Waals surface area contributed by atoms with Crippen LogP contribution in [0.2, 0.25) is 10.0 Å². The van der Waals surface area contributed by atoms with Gasteiger partial charge in [0.05, 0.1) is 40.5 Å². The lowest BCUT2D eigenvalue weighted by molar-refractivity contribution is -0.146. The number of hydrogen-bond donors (Lipinski definition) is 1. The quantitative estimate of drug-likeness (QED) is 0.114. The third-order valence-corrected chi connectivity index (χ3v) is 12.7. The van der Waals surface area contributed by atoms with Gasteiger partial charge in [-0.25, -0.2) is 4.79 Å².